The lowest BCUT2D eigenvalue weighted by atomic mass is 10.1. The predicted molar refractivity (Wildman–Crippen MR) is 74.6 cm³/mol. The molecule has 1 aliphatic heterocycles. The zero-order valence-electron chi connectivity index (χ0n) is 11.4. The van der Waals surface area contributed by atoms with E-state index in [9.17, 15) is 9.59 Å². The second-order valence-corrected chi connectivity index (χ2v) is 4.53. The molecular weight excluding hydrogens is 258 g/mol. The van der Waals surface area contributed by atoms with E-state index in [1.165, 1.54) is 7.11 Å². The summed E-state index contributed by atoms with van der Waals surface area (Å²) >= 11 is 0. The molecule has 1 unspecified atom stereocenters. The predicted octanol–water partition coefficient (Wildman–Crippen LogP) is 1.78. The number of carbonyl (C=O) groups excluding carboxylic acids is 2. The van der Waals surface area contributed by atoms with Crippen LogP contribution in [0.3, 0.4) is 0 Å². The van der Waals surface area contributed by atoms with Gasteiger partial charge in [-0.3, -0.25) is 9.59 Å². The second kappa shape index (κ2) is 6.23. The molecule has 1 amide bonds. The molecule has 0 aromatic heterocycles. The minimum absolute atomic E-state index is 0.0822. The highest BCUT2D eigenvalue weighted by Crippen LogP contribution is 2.28. The van der Waals surface area contributed by atoms with Crippen LogP contribution in [0, 0.1) is 5.92 Å². The van der Waals surface area contributed by atoms with Crippen molar-refractivity contribution in [2.24, 2.45) is 5.92 Å². The fourth-order valence-corrected chi connectivity index (χ4v) is 2.18. The molecule has 1 saturated heterocycles. The van der Waals surface area contributed by atoms with Crippen molar-refractivity contribution in [3.05, 3.63) is 36.9 Å². The van der Waals surface area contributed by atoms with Crippen molar-refractivity contribution < 1.29 is 19.1 Å². The smallest absolute Gasteiger partial charge is 0.311 e. The van der Waals surface area contributed by atoms with Gasteiger partial charge in [-0.15, -0.1) is 0 Å². The highest BCUT2D eigenvalue weighted by molar-refractivity contribution is 5.99. The lowest BCUT2D eigenvalue weighted by Crippen LogP contribution is -2.26. The van der Waals surface area contributed by atoms with E-state index in [2.05, 4.69) is 11.3 Å². The van der Waals surface area contributed by atoms with E-state index in [0.717, 1.165) is 5.69 Å². The zero-order valence-corrected chi connectivity index (χ0v) is 11.4. The third kappa shape index (κ3) is 2.99. The molecule has 0 radical (unpaired) electrons. The monoisotopic (exact) mass is 275 g/mol. The summed E-state index contributed by atoms with van der Waals surface area (Å²) in [6, 6.07) is 7.22. The quantitative estimate of drug-likeness (QED) is 0.607. The number of hydrogen-bond acceptors (Lipinski definition) is 4. The molecule has 1 aromatic carbocycles. The second-order valence-electron chi connectivity index (χ2n) is 4.53. The van der Waals surface area contributed by atoms with E-state index >= 15 is 0 Å². The van der Waals surface area contributed by atoms with Gasteiger partial charge in [-0.2, -0.15) is 0 Å². The number of hydrogen-bond donors (Lipinski definition) is 0. The summed E-state index contributed by atoms with van der Waals surface area (Å²) in [6.45, 7) is 4.33. The lowest BCUT2D eigenvalue weighted by molar-refractivity contribution is -0.145. The van der Waals surface area contributed by atoms with Crippen LogP contribution in [0.2, 0.25) is 0 Å². The van der Waals surface area contributed by atoms with Crippen LogP contribution >= 0.6 is 0 Å². The summed E-state index contributed by atoms with van der Waals surface area (Å²) in [4.78, 5) is 25.1. The van der Waals surface area contributed by atoms with Crippen molar-refractivity contribution in [3.8, 4) is 5.75 Å². The first-order chi connectivity index (χ1) is 9.65. The van der Waals surface area contributed by atoms with Crippen molar-refractivity contribution in [2.75, 3.05) is 25.2 Å². The number of anilines is 1. The van der Waals surface area contributed by atoms with E-state index < -0.39 is 5.92 Å². The van der Waals surface area contributed by atoms with Crippen molar-refractivity contribution in [2.45, 2.75) is 6.42 Å². The Morgan fingerprint density at radius 2 is 2.35 bits per heavy atom. The number of carbonyl (C=O) groups is 2. The molecule has 0 N–H and O–H groups in total. The molecule has 0 aliphatic carbocycles. The summed E-state index contributed by atoms with van der Waals surface area (Å²) in [6.07, 6.45) is 1.84. The third-order valence-electron chi connectivity index (χ3n) is 3.16. The molecule has 2 rings (SSSR count). The standard InChI is InChI=1S/C15H17NO4/c1-3-7-20-13-6-4-5-12(9-13)16-10-11(8-14(16)17)15(18)19-2/h3-6,9,11H,1,7-8,10H2,2H3. The molecule has 5 nitrogen and oxygen atoms in total. The van der Waals surface area contributed by atoms with Crippen LogP contribution in [0.1, 0.15) is 6.42 Å². The number of ether oxygens (including phenoxy) is 2. The van der Waals surface area contributed by atoms with Crippen molar-refractivity contribution in [1.29, 1.82) is 0 Å². The van der Waals surface area contributed by atoms with Gasteiger partial charge in [0.15, 0.2) is 0 Å². The van der Waals surface area contributed by atoms with E-state index in [1.54, 1.807) is 17.0 Å². The third-order valence-corrected chi connectivity index (χ3v) is 3.16. The maximum absolute atomic E-state index is 12.0. The Balaban J connectivity index is 2.13. The highest BCUT2D eigenvalue weighted by atomic mass is 16.5. The molecule has 5 heteroatoms. The Labute approximate surface area is 117 Å². The Bertz CT molecular complexity index is 526. The van der Waals surface area contributed by atoms with Crippen LogP contribution in [-0.4, -0.2) is 32.1 Å². The summed E-state index contributed by atoms with van der Waals surface area (Å²) in [7, 11) is 1.33. The molecule has 1 aromatic rings. The van der Waals surface area contributed by atoms with Gasteiger partial charge >= 0.3 is 5.97 Å². The van der Waals surface area contributed by atoms with Gasteiger partial charge < -0.3 is 14.4 Å². The van der Waals surface area contributed by atoms with Gasteiger partial charge in [0.2, 0.25) is 5.91 Å². The summed E-state index contributed by atoms with van der Waals surface area (Å²) in [5.74, 6) is -0.164. The first-order valence-corrected chi connectivity index (χ1v) is 6.37. The van der Waals surface area contributed by atoms with Crippen LogP contribution in [-0.2, 0) is 14.3 Å². The molecule has 1 fully saturated rings. The largest absolute Gasteiger partial charge is 0.489 e. The minimum Gasteiger partial charge on any atom is -0.489 e. The van der Waals surface area contributed by atoms with E-state index in [1.807, 2.05) is 18.2 Å². The van der Waals surface area contributed by atoms with Gasteiger partial charge in [-0.25, -0.2) is 0 Å². The Morgan fingerprint density at radius 1 is 1.55 bits per heavy atom. The highest BCUT2D eigenvalue weighted by Gasteiger charge is 2.35. The minimum atomic E-state index is -0.398. The maximum atomic E-state index is 12.0. The SMILES string of the molecule is C=CCOc1cccc(N2CC(C(=O)OC)CC2=O)c1. The molecule has 1 heterocycles. The average molecular weight is 275 g/mol. The van der Waals surface area contributed by atoms with Gasteiger partial charge in [0.05, 0.1) is 13.0 Å². The normalized spacial score (nSPS) is 17.9. The summed E-state index contributed by atoms with van der Waals surface area (Å²) in [5.41, 5.74) is 0.725. The van der Waals surface area contributed by atoms with Crippen molar-refractivity contribution in [3.63, 3.8) is 0 Å². The molecule has 0 saturated carbocycles. The number of amides is 1. The molecule has 20 heavy (non-hydrogen) atoms. The van der Waals surface area contributed by atoms with Gasteiger partial charge in [-0.05, 0) is 12.1 Å². The van der Waals surface area contributed by atoms with Gasteiger partial charge in [0.25, 0.3) is 0 Å². The summed E-state index contributed by atoms with van der Waals surface area (Å²) < 4.78 is 10.1. The lowest BCUT2D eigenvalue weighted by Gasteiger charge is -2.17. The fraction of sp³-hybridized carbons (Fsp3) is 0.333. The Kier molecular flexibility index (Phi) is 4.40. The average Bonchev–Trinajstić information content (AvgIpc) is 2.86. The topological polar surface area (TPSA) is 55.8 Å². The number of rotatable bonds is 5. The number of methoxy groups -OCH3 is 1. The molecule has 0 bridgehead atoms. The fourth-order valence-electron chi connectivity index (χ4n) is 2.18. The van der Waals surface area contributed by atoms with E-state index in [4.69, 9.17) is 4.74 Å². The van der Waals surface area contributed by atoms with Gasteiger partial charge in [-0.1, -0.05) is 18.7 Å². The van der Waals surface area contributed by atoms with Crippen LogP contribution in [0.15, 0.2) is 36.9 Å². The molecule has 1 atom stereocenters. The van der Waals surface area contributed by atoms with E-state index in [0.29, 0.717) is 18.9 Å². The number of esters is 1. The summed E-state index contributed by atoms with van der Waals surface area (Å²) in [5, 5.41) is 0. The molecule has 106 valence electrons. The number of nitrogens with zero attached hydrogens (tertiary/aromatic N) is 1. The van der Waals surface area contributed by atoms with Crippen LogP contribution in [0.25, 0.3) is 0 Å². The van der Waals surface area contributed by atoms with Crippen LogP contribution < -0.4 is 9.64 Å². The van der Waals surface area contributed by atoms with E-state index in [-0.39, 0.29) is 18.3 Å². The first kappa shape index (κ1) is 14.1. The zero-order chi connectivity index (χ0) is 14.5. The molecule has 0 spiro atoms. The molecule has 1 aliphatic rings. The van der Waals surface area contributed by atoms with Crippen LogP contribution in [0.5, 0.6) is 5.75 Å². The van der Waals surface area contributed by atoms with Crippen LogP contribution in [0.4, 0.5) is 5.69 Å². The van der Waals surface area contributed by atoms with Crippen molar-refractivity contribution >= 4 is 17.6 Å². The maximum Gasteiger partial charge on any atom is 0.311 e. The Morgan fingerprint density at radius 3 is 3.05 bits per heavy atom. The van der Waals surface area contributed by atoms with Gasteiger partial charge in [0, 0.05) is 24.7 Å². The van der Waals surface area contributed by atoms with Crippen molar-refractivity contribution in [1.82, 2.24) is 0 Å². The molecular formula is C15H17NO4. The van der Waals surface area contributed by atoms with Gasteiger partial charge in [0.1, 0.15) is 12.4 Å². The Hall–Kier alpha value is -2.30. The number of benzene rings is 1. The first-order valence-electron chi connectivity index (χ1n) is 6.37.